The lowest BCUT2D eigenvalue weighted by Crippen LogP contribution is -1.92. The van der Waals surface area contributed by atoms with Crippen LogP contribution in [-0.4, -0.2) is 0 Å². The maximum atomic E-state index is 6.37. The molecule has 0 saturated carbocycles. The molecule has 3 aromatic rings. The highest BCUT2D eigenvalue weighted by molar-refractivity contribution is 6.10. The number of unbranched alkanes of at least 4 members (excludes halogenated alkanes) is 5. The van der Waals surface area contributed by atoms with Gasteiger partial charge in [-0.1, -0.05) is 81.5 Å². The lowest BCUT2D eigenvalue weighted by molar-refractivity contribution is 0.607. The maximum Gasteiger partial charge on any atom is 0.0473 e. The number of benzene rings is 3. The summed E-state index contributed by atoms with van der Waals surface area (Å²) in [7, 11) is 0. The van der Waals surface area contributed by atoms with Gasteiger partial charge in [-0.05, 0) is 35.2 Å². The second kappa shape index (κ2) is 7.50. The number of rotatable bonds is 7. The molecule has 3 aromatic carbocycles. The molecule has 0 saturated heterocycles. The Kier molecular flexibility index (Phi) is 5.17. The fourth-order valence-corrected chi connectivity index (χ4v) is 3.42. The first-order valence-corrected chi connectivity index (χ1v) is 8.99. The lowest BCUT2D eigenvalue weighted by atomic mass is 9.97. The van der Waals surface area contributed by atoms with Crippen LogP contribution < -0.4 is 5.73 Å². The highest BCUT2D eigenvalue weighted by Gasteiger charge is 2.05. The second-order valence-electron chi connectivity index (χ2n) is 6.58. The van der Waals surface area contributed by atoms with Crippen LogP contribution in [0.2, 0.25) is 0 Å². The van der Waals surface area contributed by atoms with E-state index in [1.807, 2.05) is 0 Å². The van der Waals surface area contributed by atoms with Gasteiger partial charge >= 0.3 is 0 Å². The molecule has 0 atom stereocenters. The van der Waals surface area contributed by atoms with Crippen LogP contribution in [0.15, 0.2) is 48.5 Å². The van der Waals surface area contributed by atoms with Gasteiger partial charge in [0.2, 0.25) is 0 Å². The Labute approximate surface area is 139 Å². The fourth-order valence-electron chi connectivity index (χ4n) is 3.42. The third-order valence-electron chi connectivity index (χ3n) is 4.79. The maximum absolute atomic E-state index is 6.37. The number of anilines is 1. The van der Waals surface area contributed by atoms with E-state index < -0.39 is 0 Å². The third kappa shape index (κ3) is 3.67. The zero-order valence-electron chi connectivity index (χ0n) is 14.1. The van der Waals surface area contributed by atoms with Gasteiger partial charge in [0.05, 0.1) is 0 Å². The number of nitrogen functional groups attached to an aromatic ring is 1. The molecule has 0 aliphatic heterocycles. The van der Waals surface area contributed by atoms with E-state index in [4.69, 9.17) is 5.73 Å². The molecular weight excluding hydrogens is 278 g/mol. The first kappa shape index (κ1) is 15.9. The van der Waals surface area contributed by atoms with E-state index in [2.05, 4.69) is 55.5 Å². The number of fused-ring (bicyclic) bond motifs is 2. The van der Waals surface area contributed by atoms with Crippen molar-refractivity contribution in [3.63, 3.8) is 0 Å². The van der Waals surface area contributed by atoms with E-state index in [0.717, 1.165) is 11.1 Å². The average molecular weight is 305 g/mol. The normalized spacial score (nSPS) is 11.3. The van der Waals surface area contributed by atoms with Gasteiger partial charge in [-0.25, -0.2) is 0 Å². The molecule has 23 heavy (non-hydrogen) atoms. The van der Waals surface area contributed by atoms with Crippen molar-refractivity contribution in [2.75, 3.05) is 5.73 Å². The molecule has 0 aromatic heterocycles. The molecule has 3 rings (SSSR count). The van der Waals surface area contributed by atoms with Crippen molar-refractivity contribution < 1.29 is 0 Å². The summed E-state index contributed by atoms with van der Waals surface area (Å²) in [5.41, 5.74) is 8.71. The molecule has 1 heteroatoms. The SMILES string of the molecule is CCCCCCCCc1ccc2c(N)c3ccccc3cc2c1. The molecule has 0 aliphatic carbocycles. The van der Waals surface area contributed by atoms with Gasteiger partial charge < -0.3 is 5.73 Å². The summed E-state index contributed by atoms with van der Waals surface area (Å²) in [6.45, 7) is 2.27. The molecule has 0 heterocycles. The molecule has 0 unspecified atom stereocenters. The predicted molar refractivity (Wildman–Crippen MR) is 103 cm³/mol. The van der Waals surface area contributed by atoms with E-state index in [1.54, 1.807) is 0 Å². The third-order valence-corrected chi connectivity index (χ3v) is 4.79. The van der Waals surface area contributed by atoms with Gasteiger partial charge in [-0.3, -0.25) is 0 Å². The monoisotopic (exact) mass is 305 g/mol. The van der Waals surface area contributed by atoms with E-state index in [1.165, 1.54) is 66.7 Å². The summed E-state index contributed by atoms with van der Waals surface area (Å²) >= 11 is 0. The Balaban J connectivity index is 1.75. The predicted octanol–water partition coefficient (Wildman–Crippen LogP) is 6.48. The Bertz CT molecular complexity index is 788. The molecular formula is C22H27N. The number of hydrogen-bond donors (Lipinski definition) is 1. The Morgan fingerprint density at radius 2 is 1.48 bits per heavy atom. The smallest absolute Gasteiger partial charge is 0.0473 e. The van der Waals surface area contributed by atoms with Crippen LogP contribution in [0.4, 0.5) is 5.69 Å². The summed E-state index contributed by atoms with van der Waals surface area (Å²) in [6, 6.07) is 17.4. The Morgan fingerprint density at radius 1 is 0.739 bits per heavy atom. The minimum absolute atomic E-state index is 0.907. The molecule has 0 fully saturated rings. The van der Waals surface area contributed by atoms with Crippen molar-refractivity contribution in [1.82, 2.24) is 0 Å². The number of aryl methyl sites for hydroxylation is 1. The molecule has 0 bridgehead atoms. The van der Waals surface area contributed by atoms with Gasteiger partial charge in [0.1, 0.15) is 0 Å². The van der Waals surface area contributed by atoms with Crippen molar-refractivity contribution in [2.24, 2.45) is 0 Å². The molecule has 1 nitrogen and oxygen atoms in total. The number of hydrogen-bond acceptors (Lipinski definition) is 1. The standard InChI is InChI=1S/C22H27N/c1-2-3-4-5-6-7-10-17-13-14-21-19(15-17)16-18-11-8-9-12-20(18)22(21)23/h8-9,11-16H,2-7,10,23H2,1H3. The van der Waals surface area contributed by atoms with Gasteiger partial charge in [-0.15, -0.1) is 0 Å². The van der Waals surface area contributed by atoms with Gasteiger partial charge in [-0.2, -0.15) is 0 Å². The lowest BCUT2D eigenvalue weighted by Gasteiger charge is -2.09. The molecule has 0 amide bonds. The van der Waals surface area contributed by atoms with E-state index in [9.17, 15) is 0 Å². The molecule has 0 radical (unpaired) electrons. The van der Waals surface area contributed by atoms with Gasteiger partial charge in [0.15, 0.2) is 0 Å². The van der Waals surface area contributed by atoms with Crippen LogP contribution in [0.1, 0.15) is 51.0 Å². The first-order chi connectivity index (χ1) is 11.3. The van der Waals surface area contributed by atoms with Gasteiger partial charge in [0, 0.05) is 16.5 Å². The van der Waals surface area contributed by atoms with Crippen molar-refractivity contribution in [2.45, 2.75) is 51.9 Å². The molecule has 0 spiro atoms. The fraction of sp³-hybridized carbons (Fsp3) is 0.364. The summed E-state index contributed by atoms with van der Waals surface area (Å²) < 4.78 is 0. The highest BCUT2D eigenvalue weighted by Crippen LogP contribution is 2.31. The van der Waals surface area contributed by atoms with Crippen LogP contribution in [0.25, 0.3) is 21.5 Å². The second-order valence-corrected chi connectivity index (χ2v) is 6.58. The van der Waals surface area contributed by atoms with Crippen molar-refractivity contribution >= 4 is 27.2 Å². The highest BCUT2D eigenvalue weighted by atomic mass is 14.6. The van der Waals surface area contributed by atoms with E-state index >= 15 is 0 Å². The summed E-state index contributed by atoms with van der Waals surface area (Å²) in [4.78, 5) is 0. The molecule has 0 aliphatic rings. The zero-order chi connectivity index (χ0) is 16.1. The minimum Gasteiger partial charge on any atom is -0.398 e. The Morgan fingerprint density at radius 3 is 2.35 bits per heavy atom. The minimum atomic E-state index is 0.907. The van der Waals surface area contributed by atoms with Crippen LogP contribution in [-0.2, 0) is 6.42 Å². The van der Waals surface area contributed by atoms with Crippen molar-refractivity contribution in [3.05, 3.63) is 54.1 Å². The average Bonchev–Trinajstić information content (AvgIpc) is 2.58. The first-order valence-electron chi connectivity index (χ1n) is 8.99. The van der Waals surface area contributed by atoms with Crippen LogP contribution >= 0.6 is 0 Å². The summed E-state index contributed by atoms with van der Waals surface area (Å²) in [5, 5.41) is 4.83. The van der Waals surface area contributed by atoms with Crippen LogP contribution in [0.5, 0.6) is 0 Å². The number of nitrogens with two attached hydrogens (primary N) is 1. The summed E-state index contributed by atoms with van der Waals surface area (Å²) in [5.74, 6) is 0. The largest absolute Gasteiger partial charge is 0.398 e. The Hall–Kier alpha value is -2.02. The zero-order valence-corrected chi connectivity index (χ0v) is 14.1. The van der Waals surface area contributed by atoms with Crippen LogP contribution in [0, 0.1) is 0 Å². The topological polar surface area (TPSA) is 26.0 Å². The van der Waals surface area contributed by atoms with Gasteiger partial charge in [0.25, 0.3) is 0 Å². The van der Waals surface area contributed by atoms with Crippen molar-refractivity contribution in [3.8, 4) is 0 Å². The van der Waals surface area contributed by atoms with Crippen LogP contribution in [0.3, 0.4) is 0 Å². The molecule has 120 valence electrons. The summed E-state index contributed by atoms with van der Waals surface area (Å²) in [6.07, 6.45) is 9.27. The quantitative estimate of drug-likeness (QED) is 0.302. The van der Waals surface area contributed by atoms with E-state index in [0.29, 0.717) is 0 Å². The molecule has 2 N–H and O–H groups in total. The van der Waals surface area contributed by atoms with Crippen molar-refractivity contribution in [1.29, 1.82) is 0 Å². The van der Waals surface area contributed by atoms with E-state index in [-0.39, 0.29) is 0 Å².